The minimum Gasteiger partial charge on any atom is -0.345 e. The van der Waals surface area contributed by atoms with Crippen LogP contribution in [0.5, 0.6) is 0 Å². The average molecular weight is 1230 g/mol. The van der Waals surface area contributed by atoms with Crippen molar-refractivity contribution in [2.24, 2.45) is 0 Å². The van der Waals surface area contributed by atoms with Crippen molar-refractivity contribution in [2.75, 3.05) is 0 Å². The summed E-state index contributed by atoms with van der Waals surface area (Å²) in [6.07, 6.45) is 4.09. The molecule has 0 atom stereocenters. The van der Waals surface area contributed by atoms with Crippen LogP contribution < -0.4 is 0 Å². The molecule has 0 bridgehead atoms. The zero-order valence-corrected chi connectivity index (χ0v) is 58.5. The fourth-order valence-corrected chi connectivity index (χ4v) is 13.2. The van der Waals surface area contributed by atoms with Crippen LogP contribution in [-0.4, -0.2) is 15.9 Å². The van der Waals surface area contributed by atoms with Crippen molar-refractivity contribution in [3.05, 3.63) is 237 Å². The molecule has 1 aliphatic rings. The van der Waals surface area contributed by atoms with Gasteiger partial charge in [0.15, 0.2) is 0 Å². The molecule has 460 valence electrons. The Morgan fingerprint density at radius 2 is 0.930 bits per heavy atom. The lowest BCUT2D eigenvalue weighted by Crippen LogP contribution is -2.24. The quantitative estimate of drug-likeness (QED) is 0.160. The van der Waals surface area contributed by atoms with E-state index in [4.69, 9.17) is 16.9 Å². The molecule has 3 aromatic heterocycles. The van der Waals surface area contributed by atoms with E-state index in [0.717, 1.165) is 33.1 Å². The van der Waals surface area contributed by atoms with Gasteiger partial charge in [0.2, 0.25) is 0 Å². The lowest BCUT2D eigenvalue weighted by molar-refractivity contribution is 0.439. The van der Waals surface area contributed by atoms with Crippen molar-refractivity contribution in [1.29, 1.82) is 5.26 Å². The monoisotopic (exact) mass is 1230 g/mol. The topological polar surface area (TPSA) is 39.9 Å². The number of benzene rings is 6. The van der Waals surface area contributed by atoms with Gasteiger partial charge in [0.25, 0.3) is 0 Å². The van der Waals surface area contributed by atoms with Crippen molar-refractivity contribution in [3.63, 3.8) is 0 Å². The fraction of sp³-hybridized carbons (Fsp3) is 0.385. The molecule has 0 saturated heterocycles. The number of halogens is 2. The molecule has 9 aromatic rings. The highest BCUT2D eigenvalue weighted by Crippen LogP contribution is 2.33. The second-order valence-electron chi connectivity index (χ2n) is 24.6. The van der Waals surface area contributed by atoms with E-state index in [9.17, 15) is 4.39 Å². The van der Waals surface area contributed by atoms with Gasteiger partial charge in [0.1, 0.15) is 5.82 Å². The van der Waals surface area contributed by atoms with Gasteiger partial charge in [-0.25, -0.2) is 9.37 Å². The maximum absolute atomic E-state index is 13.1. The number of nitriles is 1. The molecule has 0 unspecified atom stereocenters. The molecular formula is C78H101ClFN3S3. The van der Waals surface area contributed by atoms with Gasteiger partial charge >= 0.3 is 0 Å². The molecule has 0 aliphatic carbocycles. The van der Waals surface area contributed by atoms with Crippen molar-refractivity contribution >= 4 is 77.6 Å². The Morgan fingerprint density at radius 3 is 1.43 bits per heavy atom. The van der Waals surface area contributed by atoms with E-state index in [2.05, 4.69) is 239 Å². The highest BCUT2D eigenvalue weighted by Gasteiger charge is 2.19. The number of nitrogens with zero attached hydrogens (tertiary/aromatic N) is 3. The summed E-state index contributed by atoms with van der Waals surface area (Å²) in [6.45, 7) is 51.4. The molecule has 4 heterocycles. The predicted molar refractivity (Wildman–Crippen MR) is 385 cm³/mol. The van der Waals surface area contributed by atoms with E-state index in [0.29, 0.717) is 41.5 Å². The SMILES string of the molecule is C.C=C1c2scnc2C=CN1C(C)C.Cc1cc(C#N)ccc1C(C)C.Cc1cc(C)c(C(C)C)cc1F.Cc1cc(Cl)ccc1C(C)C.Cc1cc2ccsc2cc1C(C)C.Cc1cc2sccc2cc1C(C)C.Cc1ccc(C(C)C)c(C)c1. The number of thiophene rings is 2. The van der Waals surface area contributed by atoms with Crippen LogP contribution in [0, 0.1) is 72.5 Å². The maximum atomic E-state index is 13.1. The van der Waals surface area contributed by atoms with E-state index in [-0.39, 0.29) is 13.2 Å². The zero-order valence-electron chi connectivity index (χ0n) is 55.3. The molecule has 3 nitrogen and oxygen atoms in total. The Kier molecular flexibility index (Phi) is 30.2. The van der Waals surface area contributed by atoms with Gasteiger partial charge in [-0.1, -0.05) is 157 Å². The Hall–Kier alpha value is -6.14. The van der Waals surface area contributed by atoms with Gasteiger partial charge < -0.3 is 4.90 Å². The average Bonchev–Trinajstić information content (AvgIpc) is 3.05. The molecule has 8 heteroatoms. The maximum Gasteiger partial charge on any atom is 0.126 e. The highest BCUT2D eigenvalue weighted by atomic mass is 35.5. The van der Waals surface area contributed by atoms with Gasteiger partial charge in [0, 0.05) is 26.7 Å². The number of aromatic nitrogens is 1. The molecule has 0 radical (unpaired) electrons. The molecular weight excluding hydrogens is 1130 g/mol. The Balaban J connectivity index is 0.000000262. The second-order valence-corrected chi connectivity index (χ2v) is 27.8. The number of rotatable bonds is 7. The Labute approximate surface area is 537 Å². The number of fused-ring (bicyclic) bond motifs is 3. The van der Waals surface area contributed by atoms with Gasteiger partial charge in [-0.2, -0.15) is 5.26 Å². The number of aryl methyl sites for hydroxylation is 8. The molecule has 10 rings (SSSR count). The summed E-state index contributed by atoms with van der Waals surface area (Å²) >= 11 is 11.1. The number of hydrogen-bond donors (Lipinski definition) is 0. The third kappa shape index (κ3) is 21.6. The zero-order chi connectivity index (χ0) is 63.6. The van der Waals surface area contributed by atoms with Crippen LogP contribution in [-0.2, 0) is 0 Å². The summed E-state index contributed by atoms with van der Waals surface area (Å²) in [5.41, 5.74) is 23.0. The molecule has 0 fully saturated rings. The summed E-state index contributed by atoms with van der Waals surface area (Å²) < 4.78 is 15.9. The van der Waals surface area contributed by atoms with E-state index in [1.165, 1.54) is 91.8 Å². The summed E-state index contributed by atoms with van der Waals surface area (Å²) in [5.74, 6) is 3.35. The van der Waals surface area contributed by atoms with E-state index in [1.807, 2.05) is 77.6 Å². The van der Waals surface area contributed by atoms with Crippen LogP contribution >= 0.6 is 45.6 Å². The largest absolute Gasteiger partial charge is 0.345 e. The highest BCUT2D eigenvalue weighted by molar-refractivity contribution is 7.17. The predicted octanol–water partition coefficient (Wildman–Crippen LogP) is 25.9. The number of hydrogen-bond acceptors (Lipinski definition) is 6. The summed E-state index contributed by atoms with van der Waals surface area (Å²) in [7, 11) is 0. The van der Waals surface area contributed by atoms with Crippen molar-refractivity contribution in [1.82, 2.24) is 9.88 Å². The summed E-state index contributed by atoms with van der Waals surface area (Å²) in [5, 5.41) is 16.6. The van der Waals surface area contributed by atoms with Crippen molar-refractivity contribution < 1.29 is 4.39 Å². The van der Waals surface area contributed by atoms with Gasteiger partial charge in [-0.3, -0.25) is 0 Å². The third-order valence-electron chi connectivity index (χ3n) is 15.1. The fourth-order valence-electron chi connectivity index (χ4n) is 10.6. The second kappa shape index (κ2) is 35.0. The van der Waals surface area contributed by atoms with E-state index < -0.39 is 0 Å². The summed E-state index contributed by atoms with van der Waals surface area (Å²) in [4.78, 5) is 7.60. The van der Waals surface area contributed by atoms with Crippen LogP contribution in [0.1, 0.15) is 234 Å². The van der Waals surface area contributed by atoms with Crippen LogP contribution in [0.2, 0.25) is 5.02 Å². The third-order valence-corrected chi connectivity index (χ3v) is 18.0. The Morgan fingerprint density at radius 1 is 0.488 bits per heavy atom. The van der Waals surface area contributed by atoms with Crippen molar-refractivity contribution in [3.8, 4) is 6.07 Å². The first-order valence-corrected chi connectivity index (χ1v) is 33.1. The van der Waals surface area contributed by atoms with Crippen LogP contribution in [0.4, 0.5) is 4.39 Å². The van der Waals surface area contributed by atoms with Crippen LogP contribution in [0.3, 0.4) is 0 Å². The van der Waals surface area contributed by atoms with Crippen LogP contribution in [0.15, 0.2) is 132 Å². The molecule has 86 heavy (non-hydrogen) atoms. The minimum absolute atomic E-state index is 0. The summed E-state index contributed by atoms with van der Waals surface area (Å²) in [6, 6.07) is 38.4. The van der Waals surface area contributed by atoms with Crippen LogP contribution in [0.25, 0.3) is 31.9 Å². The van der Waals surface area contributed by atoms with Gasteiger partial charge in [0.05, 0.1) is 33.4 Å². The van der Waals surface area contributed by atoms with E-state index in [1.54, 1.807) is 24.3 Å². The minimum atomic E-state index is -0.0932. The molecule has 1 aliphatic heterocycles. The van der Waals surface area contributed by atoms with Gasteiger partial charge in [-0.05, 0) is 265 Å². The molecule has 0 spiro atoms. The molecule has 0 N–H and O–H groups in total. The first-order valence-electron chi connectivity index (χ1n) is 30.1. The molecule has 0 amide bonds. The lowest BCUT2D eigenvalue weighted by atomic mass is 9.96. The molecule has 0 saturated carbocycles. The van der Waals surface area contributed by atoms with Gasteiger partial charge in [-0.15, -0.1) is 34.0 Å². The normalized spacial score (nSPS) is 11.4. The first-order chi connectivity index (χ1) is 39.9. The molecule has 6 aromatic carbocycles. The first kappa shape index (κ1) is 74.1. The lowest BCUT2D eigenvalue weighted by Gasteiger charge is -2.28. The standard InChI is InChI=1S/2C12H14S.C11H15F.C11H13N.C11H16.C10H13Cl.C10H12N2S.CH4/c1-8(2)11-7-10-4-5-13-12(10)6-9(11)3;1-8(2)11-7-12-10(4-5-13-12)6-9(11)3;1-7(2)10-6-11(12)9(4)5-8(10)3;1-8(2)11-5-4-10(7-12)6-9(11)3;1-8(2)11-6-5-9(3)7-10(11)4;1-7(2)10-5-4-9(11)6-8(10)3;1-7(2)12-5-4-9-10(8(12)3)13-6-11-9;/h2*4-8H,1-3H3;5-7H,1-4H3;4-6,8H,1-3H3;5-8H,1-4H3;4-7H,1-3H3;4-7H,3H2,1-2H3;1H4. The van der Waals surface area contributed by atoms with Crippen molar-refractivity contribution in [2.45, 2.75) is 201 Å². The number of thiazole rings is 1. The van der Waals surface area contributed by atoms with E-state index >= 15 is 0 Å². The Bertz CT molecular complexity index is 3530. The smallest absolute Gasteiger partial charge is 0.126 e.